The van der Waals surface area contributed by atoms with Crippen molar-refractivity contribution in [2.45, 2.75) is 12.5 Å². The van der Waals surface area contributed by atoms with Crippen LogP contribution in [0, 0.1) is 0 Å². The molecule has 158 valence electrons. The van der Waals surface area contributed by atoms with E-state index in [1.807, 2.05) is 78.9 Å². The van der Waals surface area contributed by atoms with Crippen molar-refractivity contribution in [1.82, 2.24) is 30.9 Å². The molecule has 5 aromatic rings. The second kappa shape index (κ2) is 8.95. The van der Waals surface area contributed by atoms with Gasteiger partial charge in [-0.25, -0.2) is 0 Å². The van der Waals surface area contributed by atoms with Crippen LogP contribution in [0.5, 0.6) is 0 Å². The first-order valence-electron chi connectivity index (χ1n) is 10.5. The summed E-state index contributed by atoms with van der Waals surface area (Å²) < 4.78 is 0. The molecule has 0 saturated carbocycles. The van der Waals surface area contributed by atoms with Crippen LogP contribution in [0.1, 0.15) is 27.5 Å². The van der Waals surface area contributed by atoms with Crippen LogP contribution in [0.3, 0.4) is 0 Å². The Balaban J connectivity index is 1.32. The lowest BCUT2D eigenvalue weighted by Crippen LogP contribution is -2.30. The van der Waals surface area contributed by atoms with Crippen molar-refractivity contribution in [3.63, 3.8) is 0 Å². The highest BCUT2D eigenvalue weighted by Crippen LogP contribution is 2.25. The van der Waals surface area contributed by atoms with Crippen LogP contribution in [0.4, 0.5) is 0 Å². The van der Waals surface area contributed by atoms with E-state index < -0.39 is 6.04 Å². The molecule has 7 nitrogen and oxygen atoms in total. The fraction of sp³-hybridized carbons (Fsp3) is 0.120. The summed E-state index contributed by atoms with van der Waals surface area (Å²) in [6.07, 6.45) is 2.60. The van der Waals surface area contributed by atoms with Gasteiger partial charge in [0.15, 0.2) is 5.78 Å². The Bertz CT molecular complexity index is 1310. The van der Waals surface area contributed by atoms with Gasteiger partial charge in [0.05, 0.1) is 6.04 Å². The molecular formula is C25H22N6O. The molecule has 3 aromatic carbocycles. The van der Waals surface area contributed by atoms with E-state index in [2.05, 4.69) is 30.9 Å². The number of aromatic amines is 2. The highest BCUT2D eigenvalue weighted by Gasteiger charge is 2.23. The van der Waals surface area contributed by atoms with E-state index in [0.29, 0.717) is 17.9 Å². The van der Waals surface area contributed by atoms with Crippen molar-refractivity contribution in [2.24, 2.45) is 0 Å². The topological polar surface area (TPSA) is 99.4 Å². The molecule has 0 aliphatic rings. The average Bonchev–Trinajstić information content (AvgIpc) is 3.53. The molecule has 0 aliphatic carbocycles. The molecule has 0 bridgehead atoms. The van der Waals surface area contributed by atoms with Crippen LogP contribution in [0.2, 0.25) is 0 Å². The molecule has 1 atom stereocenters. The number of aromatic nitrogens is 5. The second-order valence-electron chi connectivity index (χ2n) is 7.59. The summed E-state index contributed by atoms with van der Waals surface area (Å²) in [5.41, 5.74) is 4.69. The molecule has 3 N–H and O–H groups in total. The number of carbonyl (C=O) groups is 1. The van der Waals surface area contributed by atoms with Crippen molar-refractivity contribution < 1.29 is 4.79 Å². The third-order valence-corrected chi connectivity index (χ3v) is 5.57. The van der Waals surface area contributed by atoms with Crippen LogP contribution < -0.4 is 5.32 Å². The Morgan fingerprint density at radius 3 is 2.50 bits per heavy atom. The van der Waals surface area contributed by atoms with Crippen LogP contribution in [0.25, 0.3) is 22.3 Å². The molecule has 32 heavy (non-hydrogen) atoms. The van der Waals surface area contributed by atoms with Crippen LogP contribution in [0.15, 0.2) is 85.1 Å². The number of nitrogens with one attached hydrogen (secondary N) is 3. The summed E-state index contributed by atoms with van der Waals surface area (Å²) >= 11 is 0. The summed E-state index contributed by atoms with van der Waals surface area (Å²) in [6.45, 7) is 0.662. The minimum atomic E-state index is -0.422. The highest BCUT2D eigenvalue weighted by atomic mass is 16.1. The molecule has 0 saturated heterocycles. The summed E-state index contributed by atoms with van der Waals surface area (Å²) in [6, 6.07) is 25.4. The Morgan fingerprint density at radius 2 is 1.72 bits per heavy atom. The number of carbonyl (C=O) groups excluding carboxylic acids is 1. The lowest BCUT2D eigenvalue weighted by Gasteiger charge is -2.18. The van der Waals surface area contributed by atoms with Gasteiger partial charge in [-0.1, -0.05) is 72.8 Å². The molecule has 0 amide bonds. The number of fused-ring (bicyclic) bond motifs is 1. The molecule has 2 heterocycles. The number of H-pyrrole nitrogens is 2. The van der Waals surface area contributed by atoms with E-state index in [4.69, 9.17) is 0 Å². The predicted molar refractivity (Wildman–Crippen MR) is 123 cm³/mol. The number of hydrogen-bond acceptors (Lipinski definition) is 5. The SMILES string of the molecule is O=C(c1c[nH]c2ccccc12)C(NCCc1ccc(-c2nn[nH]n2)cc1)c1ccccc1. The number of benzene rings is 3. The fourth-order valence-corrected chi connectivity index (χ4v) is 3.90. The standard InChI is InChI=1S/C25H22N6O/c32-24(21-16-27-22-9-5-4-8-20(21)22)23(18-6-2-1-3-7-18)26-15-14-17-10-12-19(13-11-17)25-28-30-31-29-25/h1-13,16,23,26-27H,14-15H2,(H,28,29,30,31). The number of Topliss-reactive ketones (excluding diaryl/α,β-unsaturated/α-hetero) is 1. The van der Waals surface area contributed by atoms with Crippen molar-refractivity contribution >= 4 is 16.7 Å². The fourth-order valence-electron chi connectivity index (χ4n) is 3.90. The van der Waals surface area contributed by atoms with Gasteiger partial charge in [-0.05, 0) is 28.8 Å². The van der Waals surface area contributed by atoms with Gasteiger partial charge < -0.3 is 10.3 Å². The molecule has 1 unspecified atom stereocenters. The molecule has 0 aliphatic heterocycles. The Hall–Kier alpha value is -4.10. The van der Waals surface area contributed by atoms with E-state index in [1.165, 1.54) is 0 Å². The zero-order valence-electron chi connectivity index (χ0n) is 17.3. The van der Waals surface area contributed by atoms with Crippen LogP contribution in [-0.4, -0.2) is 37.9 Å². The van der Waals surface area contributed by atoms with Gasteiger partial charge >= 0.3 is 0 Å². The van der Waals surface area contributed by atoms with Crippen molar-refractivity contribution in [3.8, 4) is 11.4 Å². The van der Waals surface area contributed by atoms with Gasteiger partial charge in [0, 0.05) is 34.8 Å². The monoisotopic (exact) mass is 422 g/mol. The molecular weight excluding hydrogens is 400 g/mol. The number of rotatable bonds is 8. The van der Waals surface area contributed by atoms with Gasteiger partial charge in [0.1, 0.15) is 0 Å². The first kappa shape index (κ1) is 19.8. The van der Waals surface area contributed by atoms with E-state index in [-0.39, 0.29) is 5.78 Å². The van der Waals surface area contributed by atoms with E-state index in [0.717, 1.165) is 34.0 Å². The Kier molecular flexibility index (Phi) is 5.55. The first-order valence-corrected chi connectivity index (χ1v) is 10.5. The maximum Gasteiger partial charge on any atom is 0.204 e. The van der Waals surface area contributed by atoms with Gasteiger partial charge in [0.25, 0.3) is 0 Å². The molecule has 0 fully saturated rings. The minimum absolute atomic E-state index is 0.0566. The van der Waals surface area contributed by atoms with Crippen LogP contribution >= 0.6 is 0 Å². The second-order valence-corrected chi connectivity index (χ2v) is 7.59. The third kappa shape index (κ3) is 4.06. The number of para-hydroxylation sites is 1. The van der Waals surface area contributed by atoms with Crippen molar-refractivity contribution in [2.75, 3.05) is 6.54 Å². The highest BCUT2D eigenvalue weighted by molar-refractivity contribution is 6.10. The first-order chi connectivity index (χ1) is 15.8. The van der Waals surface area contributed by atoms with Gasteiger partial charge in [-0.2, -0.15) is 5.21 Å². The zero-order chi connectivity index (χ0) is 21.8. The van der Waals surface area contributed by atoms with E-state index in [1.54, 1.807) is 6.20 Å². The Labute approximate surface area is 184 Å². The largest absolute Gasteiger partial charge is 0.360 e. The maximum atomic E-state index is 13.5. The summed E-state index contributed by atoms with van der Waals surface area (Å²) in [7, 11) is 0. The molecule has 0 spiro atoms. The van der Waals surface area contributed by atoms with E-state index in [9.17, 15) is 4.79 Å². The quantitative estimate of drug-likeness (QED) is 0.327. The van der Waals surface area contributed by atoms with E-state index >= 15 is 0 Å². The van der Waals surface area contributed by atoms with Crippen LogP contribution in [-0.2, 0) is 6.42 Å². The molecule has 7 heteroatoms. The number of nitrogens with zero attached hydrogens (tertiary/aromatic N) is 3. The molecule has 5 rings (SSSR count). The van der Waals surface area contributed by atoms with Gasteiger partial charge in [-0.15, -0.1) is 10.2 Å². The van der Waals surface area contributed by atoms with Gasteiger partial charge in [-0.3, -0.25) is 4.79 Å². The van der Waals surface area contributed by atoms with Crippen molar-refractivity contribution in [3.05, 3.63) is 102 Å². The number of hydrogen-bond donors (Lipinski definition) is 3. The zero-order valence-corrected chi connectivity index (χ0v) is 17.3. The normalized spacial score (nSPS) is 12.1. The lowest BCUT2D eigenvalue weighted by atomic mass is 9.96. The van der Waals surface area contributed by atoms with Crippen molar-refractivity contribution in [1.29, 1.82) is 0 Å². The lowest BCUT2D eigenvalue weighted by molar-refractivity contribution is 0.0945. The predicted octanol–water partition coefficient (Wildman–Crippen LogP) is 4.10. The summed E-state index contributed by atoms with van der Waals surface area (Å²) in [5.74, 6) is 0.629. The minimum Gasteiger partial charge on any atom is -0.360 e. The summed E-state index contributed by atoms with van der Waals surface area (Å²) in [5, 5.41) is 18.5. The van der Waals surface area contributed by atoms with Gasteiger partial charge in [0.2, 0.25) is 5.82 Å². The molecule has 0 radical (unpaired) electrons. The number of ketones is 1. The summed E-state index contributed by atoms with van der Waals surface area (Å²) in [4.78, 5) is 16.7. The Morgan fingerprint density at radius 1 is 0.938 bits per heavy atom. The third-order valence-electron chi connectivity index (χ3n) is 5.57. The smallest absolute Gasteiger partial charge is 0.204 e. The average molecular weight is 422 g/mol. The number of tetrazole rings is 1. The maximum absolute atomic E-state index is 13.5. The molecule has 2 aromatic heterocycles.